The SMILES string of the molecule is CC(C)c1ccc(N2C(=O)/C(=C/c3cccn3-c3ccccc3F)C(=O)NC2=S)cc1. The summed E-state index contributed by atoms with van der Waals surface area (Å²) in [5.41, 5.74) is 2.42. The van der Waals surface area contributed by atoms with Crippen molar-refractivity contribution in [1.82, 2.24) is 9.88 Å². The van der Waals surface area contributed by atoms with Gasteiger partial charge >= 0.3 is 0 Å². The van der Waals surface area contributed by atoms with Crippen LogP contribution in [0.15, 0.2) is 72.4 Å². The number of carbonyl (C=O) groups excluding carboxylic acids is 2. The largest absolute Gasteiger partial charge is 0.314 e. The summed E-state index contributed by atoms with van der Waals surface area (Å²) in [7, 11) is 0. The van der Waals surface area contributed by atoms with Crippen LogP contribution in [0.4, 0.5) is 10.1 Å². The van der Waals surface area contributed by atoms with E-state index in [1.807, 2.05) is 12.1 Å². The molecule has 0 atom stereocenters. The maximum Gasteiger partial charge on any atom is 0.270 e. The second-order valence-electron chi connectivity index (χ2n) is 7.46. The van der Waals surface area contributed by atoms with E-state index in [9.17, 15) is 14.0 Å². The van der Waals surface area contributed by atoms with Gasteiger partial charge in [0.05, 0.1) is 11.4 Å². The molecule has 1 aliphatic rings. The Labute approximate surface area is 184 Å². The molecule has 31 heavy (non-hydrogen) atoms. The van der Waals surface area contributed by atoms with Gasteiger partial charge in [0.25, 0.3) is 11.8 Å². The molecular formula is C24H20FN3O2S. The van der Waals surface area contributed by atoms with E-state index in [4.69, 9.17) is 12.2 Å². The predicted octanol–water partition coefficient (Wildman–Crippen LogP) is 4.57. The molecule has 0 spiro atoms. The van der Waals surface area contributed by atoms with Crippen molar-refractivity contribution in [3.05, 3.63) is 89.5 Å². The number of benzene rings is 2. The van der Waals surface area contributed by atoms with Crippen LogP contribution in [-0.4, -0.2) is 21.5 Å². The summed E-state index contributed by atoms with van der Waals surface area (Å²) >= 11 is 5.26. The fourth-order valence-corrected chi connectivity index (χ4v) is 3.71. The summed E-state index contributed by atoms with van der Waals surface area (Å²) in [6.45, 7) is 4.16. The van der Waals surface area contributed by atoms with Crippen molar-refractivity contribution >= 4 is 40.9 Å². The van der Waals surface area contributed by atoms with Crippen molar-refractivity contribution in [3.63, 3.8) is 0 Å². The van der Waals surface area contributed by atoms with E-state index in [1.165, 1.54) is 17.0 Å². The second-order valence-corrected chi connectivity index (χ2v) is 7.85. The van der Waals surface area contributed by atoms with Crippen LogP contribution in [0.2, 0.25) is 0 Å². The molecule has 5 nitrogen and oxygen atoms in total. The molecule has 0 radical (unpaired) electrons. The molecule has 1 N–H and O–H groups in total. The van der Waals surface area contributed by atoms with Crippen LogP contribution in [0.5, 0.6) is 0 Å². The minimum Gasteiger partial charge on any atom is -0.314 e. The van der Waals surface area contributed by atoms with Gasteiger partial charge < -0.3 is 4.57 Å². The summed E-state index contributed by atoms with van der Waals surface area (Å²) in [5.74, 6) is -1.19. The topological polar surface area (TPSA) is 54.3 Å². The van der Waals surface area contributed by atoms with Gasteiger partial charge in [-0.1, -0.05) is 38.1 Å². The van der Waals surface area contributed by atoms with Crippen molar-refractivity contribution in [3.8, 4) is 5.69 Å². The van der Waals surface area contributed by atoms with Gasteiger partial charge in [0, 0.05) is 11.9 Å². The highest BCUT2D eigenvalue weighted by molar-refractivity contribution is 7.80. The van der Waals surface area contributed by atoms with Crippen LogP contribution in [0, 0.1) is 5.82 Å². The Bertz CT molecular complexity index is 1210. The van der Waals surface area contributed by atoms with Gasteiger partial charge in [-0.3, -0.25) is 19.8 Å². The lowest BCUT2D eigenvalue weighted by Gasteiger charge is -2.29. The van der Waals surface area contributed by atoms with Gasteiger partial charge in [-0.05, 0) is 66.2 Å². The van der Waals surface area contributed by atoms with Crippen LogP contribution in [-0.2, 0) is 9.59 Å². The molecule has 1 aliphatic heterocycles. The lowest BCUT2D eigenvalue weighted by molar-refractivity contribution is -0.122. The van der Waals surface area contributed by atoms with Crippen LogP contribution >= 0.6 is 12.2 Å². The second kappa shape index (κ2) is 8.28. The molecular weight excluding hydrogens is 413 g/mol. The average Bonchev–Trinajstić information content (AvgIpc) is 3.19. The molecule has 2 heterocycles. The molecule has 2 amide bonds. The zero-order chi connectivity index (χ0) is 22.1. The summed E-state index contributed by atoms with van der Waals surface area (Å²) in [6.07, 6.45) is 3.12. The number of nitrogens with one attached hydrogen (secondary N) is 1. The quantitative estimate of drug-likeness (QED) is 0.373. The van der Waals surface area contributed by atoms with Gasteiger partial charge in [0.1, 0.15) is 11.4 Å². The molecule has 0 saturated carbocycles. The van der Waals surface area contributed by atoms with Crippen molar-refractivity contribution in [2.24, 2.45) is 0 Å². The molecule has 0 aliphatic carbocycles. The first-order valence-corrected chi connectivity index (χ1v) is 10.2. The van der Waals surface area contributed by atoms with E-state index in [1.54, 1.807) is 53.2 Å². The number of carbonyl (C=O) groups is 2. The number of aromatic nitrogens is 1. The number of rotatable bonds is 4. The summed E-state index contributed by atoms with van der Waals surface area (Å²) in [6, 6.07) is 17.2. The number of thiocarbonyl (C=S) groups is 1. The zero-order valence-corrected chi connectivity index (χ0v) is 17.8. The van der Waals surface area contributed by atoms with Crippen molar-refractivity contribution < 1.29 is 14.0 Å². The highest BCUT2D eigenvalue weighted by Gasteiger charge is 2.34. The lowest BCUT2D eigenvalue weighted by atomic mass is 10.0. The molecule has 156 valence electrons. The Kier molecular flexibility index (Phi) is 5.52. The van der Waals surface area contributed by atoms with Crippen LogP contribution in [0.25, 0.3) is 11.8 Å². The Morgan fingerprint density at radius 2 is 1.71 bits per heavy atom. The zero-order valence-electron chi connectivity index (χ0n) is 17.0. The third-order valence-corrected chi connectivity index (χ3v) is 5.39. The van der Waals surface area contributed by atoms with Gasteiger partial charge in [-0.2, -0.15) is 0 Å². The monoisotopic (exact) mass is 433 g/mol. The molecule has 4 rings (SSSR count). The fourth-order valence-electron chi connectivity index (χ4n) is 3.43. The van der Waals surface area contributed by atoms with Gasteiger partial charge in [-0.25, -0.2) is 4.39 Å². The number of hydrogen-bond donors (Lipinski definition) is 1. The molecule has 1 fully saturated rings. The Balaban J connectivity index is 1.73. The first-order chi connectivity index (χ1) is 14.9. The Morgan fingerprint density at radius 1 is 1.00 bits per heavy atom. The maximum atomic E-state index is 14.3. The van der Waals surface area contributed by atoms with Crippen LogP contribution in [0.1, 0.15) is 31.0 Å². The van der Waals surface area contributed by atoms with E-state index >= 15 is 0 Å². The molecule has 0 unspecified atom stereocenters. The average molecular weight is 434 g/mol. The molecule has 3 aromatic rings. The first kappa shape index (κ1) is 20.7. The first-order valence-electron chi connectivity index (χ1n) is 9.80. The van der Waals surface area contributed by atoms with E-state index in [2.05, 4.69) is 19.2 Å². The molecule has 1 saturated heterocycles. The van der Waals surface area contributed by atoms with Crippen molar-refractivity contribution in [2.45, 2.75) is 19.8 Å². The minimum atomic E-state index is -0.591. The lowest BCUT2D eigenvalue weighted by Crippen LogP contribution is -2.54. The summed E-state index contributed by atoms with van der Waals surface area (Å²) in [4.78, 5) is 27.1. The Hall–Kier alpha value is -3.58. The third-order valence-electron chi connectivity index (χ3n) is 5.10. The molecule has 7 heteroatoms. The smallest absolute Gasteiger partial charge is 0.270 e. The van der Waals surface area contributed by atoms with Crippen LogP contribution in [0.3, 0.4) is 0 Å². The number of nitrogens with zero attached hydrogens (tertiary/aromatic N) is 2. The third kappa shape index (κ3) is 3.92. The molecule has 0 bridgehead atoms. The van der Waals surface area contributed by atoms with E-state index in [0.29, 0.717) is 23.0 Å². The van der Waals surface area contributed by atoms with Gasteiger partial charge in [0.15, 0.2) is 5.11 Å². The van der Waals surface area contributed by atoms with Crippen LogP contribution < -0.4 is 10.2 Å². The summed E-state index contributed by atoms with van der Waals surface area (Å²) in [5, 5.41) is 2.60. The maximum absolute atomic E-state index is 14.3. The van der Waals surface area contributed by atoms with Crippen molar-refractivity contribution in [2.75, 3.05) is 4.90 Å². The molecule has 2 aromatic carbocycles. The van der Waals surface area contributed by atoms with E-state index in [-0.39, 0.29) is 10.7 Å². The number of halogens is 1. The standard InChI is InChI=1S/C24H20FN3O2S/c1-15(2)16-9-11-17(12-10-16)28-23(30)19(22(29)26-24(28)31)14-18-6-5-13-27(18)21-8-4-3-7-20(21)25/h3-15H,1-2H3,(H,26,29,31)/b19-14+. The minimum absolute atomic E-state index is 0.0222. The van der Waals surface area contributed by atoms with Gasteiger partial charge in [0.2, 0.25) is 0 Å². The fraction of sp³-hybridized carbons (Fsp3) is 0.125. The molecule has 1 aromatic heterocycles. The number of hydrogen-bond acceptors (Lipinski definition) is 3. The summed E-state index contributed by atoms with van der Waals surface area (Å²) < 4.78 is 15.9. The highest BCUT2D eigenvalue weighted by atomic mass is 32.1. The Morgan fingerprint density at radius 3 is 2.39 bits per heavy atom. The van der Waals surface area contributed by atoms with Gasteiger partial charge in [-0.15, -0.1) is 0 Å². The van der Waals surface area contributed by atoms with E-state index < -0.39 is 17.6 Å². The number of para-hydroxylation sites is 1. The highest BCUT2D eigenvalue weighted by Crippen LogP contribution is 2.25. The normalized spacial score (nSPS) is 15.7. The predicted molar refractivity (Wildman–Crippen MR) is 122 cm³/mol. The number of amides is 2. The van der Waals surface area contributed by atoms with E-state index in [0.717, 1.165) is 5.56 Å². The van der Waals surface area contributed by atoms with Crippen molar-refractivity contribution in [1.29, 1.82) is 0 Å². The number of anilines is 1.